The second-order valence-corrected chi connectivity index (χ2v) is 9.68. The van der Waals surface area contributed by atoms with Crippen LogP contribution < -0.4 is 5.32 Å². The Hall–Kier alpha value is -2.69. The van der Waals surface area contributed by atoms with E-state index in [-0.39, 0.29) is 29.0 Å². The molecule has 2 saturated heterocycles. The van der Waals surface area contributed by atoms with Crippen LogP contribution in [0.1, 0.15) is 55.7 Å². The molecular weight excluding hydrogens is 391 g/mol. The van der Waals surface area contributed by atoms with Crippen LogP contribution in [0.25, 0.3) is 0 Å². The fourth-order valence-corrected chi connectivity index (χ4v) is 5.61. The summed E-state index contributed by atoms with van der Waals surface area (Å²) in [5.41, 5.74) is 2.06. The van der Waals surface area contributed by atoms with E-state index >= 15 is 0 Å². The van der Waals surface area contributed by atoms with E-state index in [0.29, 0.717) is 26.1 Å². The van der Waals surface area contributed by atoms with Crippen molar-refractivity contribution >= 4 is 11.8 Å². The topological polar surface area (TPSA) is 49.4 Å². The number of rotatable bonds is 3. The first-order valence-corrected chi connectivity index (χ1v) is 11.1. The Kier molecular flexibility index (Phi) is 5.63. The van der Waals surface area contributed by atoms with Crippen molar-refractivity contribution in [2.45, 2.75) is 51.4 Å². The Morgan fingerprint density at radius 1 is 1.13 bits per heavy atom. The van der Waals surface area contributed by atoms with Gasteiger partial charge in [-0.05, 0) is 67.9 Å². The number of piperidine rings is 2. The van der Waals surface area contributed by atoms with Crippen molar-refractivity contribution in [2.75, 3.05) is 19.6 Å². The van der Waals surface area contributed by atoms with E-state index in [1.807, 2.05) is 43.9 Å². The molecule has 0 aromatic heterocycles. The molecule has 5 heteroatoms. The van der Waals surface area contributed by atoms with Gasteiger partial charge in [-0.2, -0.15) is 0 Å². The molecule has 1 N–H and O–H groups in total. The number of likely N-dealkylation sites (tertiary alicyclic amines) is 1. The fraction of sp³-hybridized carbons (Fsp3) is 0.462. The van der Waals surface area contributed by atoms with Gasteiger partial charge in [0, 0.05) is 32.0 Å². The number of hydrogen-bond donors (Lipinski definition) is 1. The first-order chi connectivity index (χ1) is 14.7. The summed E-state index contributed by atoms with van der Waals surface area (Å²) < 4.78 is 13.6. The van der Waals surface area contributed by atoms with E-state index in [2.05, 4.69) is 17.4 Å². The van der Waals surface area contributed by atoms with Gasteiger partial charge in [-0.25, -0.2) is 4.39 Å². The van der Waals surface area contributed by atoms with Crippen molar-refractivity contribution in [1.82, 2.24) is 10.2 Å². The molecule has 1 atom stereocenters. The third-order valence-electron chi connectivity index (χ3n) is 7.40. The van der Waals surface area contributed by atoms with Crippen molar-refractivity contribution in [2.24, 2.45) is 5.41 Å². The van der Waals surface area contributed by atoms with Gasteiger partial charge in [-0.3, -0.25) is 9.59 Å². The molecule has 2 fully saturated rings. The average molecular weight is 423 g/mol. The second-order valence-electron chi connectivity index (χ2n) is 9.68. The number of carbonyl (C=O) groups is 2. The maximum Gasteiger partial charge on any atom is 0.232 e. The van der Waals surface area contributed by atoms with Crippen LogP contribution in [0.15, 0.2) is 48.5 Å². The molecule has 2 aliphatic rings. The fourth-order valence-electron chi connectivity index (χ4n) is 5.61. The zero-order valence-corrected chi connectivity index (χ0v) is 18.6. The van der Waals surface area contributed by atoms with Gasteiger partial charge >= 0.3 is 0 Å². The zero-order valence-electron chi connectivity index (χ0n) is 18.6. The first-order valence-electron chi connectivity index (χ1n) is 11.1. The molecule has 2 aliphatic heterocycles. The number of hydrogen-bond acceptors (Lipinski definition) is 2. The van der Waals surface area contributed by atoms with Gasteiger partial charge in [0.05, 0.1) is 5.41 Å². The van der Waals surface area contributed by atoms with E-state index in [4.69, 9.17) is 0 Å². The minimum absolute atomic E-state index is 0.0635. The Labute approximate surface area is 183 Å². The van der Waals surface area contributed by atoms with Gasteiger partial charge < -0.3 is 10.2 Å². The lowest BCUT2D eigenvalue weighted by atomic mass is 9.62. The van der Waals surface area contributed by atoms with Gasteiger partial charge in [0.1, 0.15) is 5.82 Å². The van der Waals surface area contributed by atoms with Crippen molar-refractivity contribution in [3.8, 4) is 0 Å². The molecule has 31 heavy (non-hydrogen) atoms. The average Bonchev–Trinajstić information content (AvgIpc) is 2.74. The number of nitrogens with one attached hydrogen (secondary N) is 1. The number of halogens is 1. The normalized spacial score (nSPS) is 21.1. The summed E-state index contributed by atoms with van der Waals surface area (Å²) >= 11 is 0. The van der Waals surface area contributed by atoms with Crippen LogP contribution in [-0.2, 0) is 15.0 Å². The highest BCUT2D eigenvalue weighted by molar-refractivity contribution is 5.88. The molecule has 0 saturated carbocycles. The molecule has 164 valence electrons. The molecule has 0 radical (unpaired) electrons. The highest BCUT2D eigenvalue weighted by Gasteiger charge is 2.48. The van der Waals surface area contributed by atoms with Crippen LogP contribution >= 0.6 is 0 Å². The Bertz CT molecular complexity index is 978. The monoisotopic (exact) mass is 422 g/mol. The Morgan fingerprint density at radius 3 is 2.45 bits per heavy atom. The number of aryl methyl sites for hydroxylation is 1. The predicted molar refractivity (Wildman–Crippen MR) is 119 cm³/mol. The summed E-state index contributed by atoms with van der Waals surface area (Å²) in [6.45, 7) is 7.61. The summed E-state index contributed by atoms with van der Waals surface area (Å²) in [4.78, 5) is 27.7. The summed E-state index contributed by atoms with van der Waals surface area (Å²) in [7, 11) is 0. The molecular formula is C26H31FN2O2. The first kappa shape index (κ1) is 21.5. The number of nitrogens with zero attached hydrogens (tertiary/aromatic N) is 1. The van der Waals surface area contributed by atoms with Crippen LogP contribution in [-0.4, -0.2) is 36.3 Å². The second kappa shape index (κ2) is 8.10. The maximum atomic E-state index is 13.6. The quantitative estimate of drug-likeness (QED) is 0.801. The van der Waals surface area contributed by atoms with Gasteiger partial charge in [-0.1, -0.05) is 36.4 Å². The standard InChI is InChI=1S/C26H31FN2O2/c1-18-15-20(27)9-10-21(18)25(2,3)24(31)29-13-11-26(12-14-29)16-23(30)28-17-22(26)19-7-5-4-6-8-19/h4-10,15,22H,11-14,16-17H2,1-3H3,(H,28,30)/t22-/m0/s1. The lowest BCUT2D eigenvalue weighted by Gasteiger charge is -2.50. The van der Waals surface area contributed by atoms with Gasteiger partial charge in [0.25, 0.3) is 0 Å². The minimum Gasteiger partial charge on any atom is -0.355 e. The summed E-state index contributed by atoms with van der Waals surface area (Å²) in [6, 6.07) is 15.0. The Balaban J connectivity index is 1.54. The highest BCUT2D eigenvalue weighted by Crippen LogP contribution is 2.49. The van der Waals surface area contributed by atoms with Gasteiger partial charge in [0.15, 0.2) is 0 Å². The summed E-state index contributed by atoms with van der Waals surface area (Å²) in [6.07, 6.45) is 2.13. The van der Waals surface area contributed by atoms with Gasteiger partial charge in [0.2, 0.25) is 11.8 Å². The summed E-state index contributed by atoms with van der Waals surface area (Å²) in [5, 5.41) is 3.04. The van der Waals surface area contributed by atoms with Gasteiger partial charge in [-0.15, -0.1) is 0 Å². The molecule has 0 bridgehead atoms. The van der Waals surface area contributed by atoms with E-state index in [1.54, 1.807) is 6.07 Å². The lowest BCUT2D eigenvalue weighted by Crippen LogP contribution is -2.55. The van der Waals surface area contributed by atoms with Crippen LogP contribution in [0.2, 0.25) is 0 Å². The zero-order chi connectivity index (χ0) is 22.2. The van der Waals surface area contributed by atoms with E-state index < -0.39 is 5.41 Å². The maximum absolute atomic E-state index is 13.6. The molecule has 4 nitrogen and oxygen atoms in total. The van der Waals surface area contributed by atoms with E-state index in [9.17, 15) is 14.0 Å². The predicted octanol–water partition coefficient (Wildman–Crippen LogP) is 4.32. The van der Waals surface area contributed by atoms with E-state index in [0.717, 1.165) is 24.0 Å². The van der Waals surface area contributed by atoms with Crippen molar-refractivity contribution in [3.63, 3.8) is 0 Å². The van der Waals surface area contributed by atoms with Crippen molar-refractivity contribution in [3.05, 3.63) is 71.0 Å². The number of carbonyl (C=O) groups excluding carboxylic acids is 2. The molecule has 4 rings (SSSR count). The number of benzene rings is 2. The largest absolute Gasteiger partial charge is 0.355 e. The molecule has 0 aliphatic carbocycles. The highest BCUT2D eigenvalue weighted by atomic mass is 19.1. The van der Waals surface area contributed by atoms with Crippen LogP contribution in [0.3, 0.4) is 0 Å². The SMILES string of the molecule is Cc1cc(F)ccc1C(C)(C)C(=O)N1CCC2(CC1)CC(=O)NC[C@H]2c1ccccc1. The van der Waals surface area contributed by atoms with E-state index in [1.165, 1.54) is 17.7 Å². The van der Waals surface area contributed by atoms with Crippen molar-refractivity contribution in [1.29, 1.82) is 0 Å². The molecule has 2 aromatic carbocycles. The molecule has 0 unspecified atom stereocenters. The molecule has 2 aromatic rings. The smallest absolute Gasteiger partial charge is 0.232 e. The number of amides is 2. The third-order valence-corrected chi connectivity index (χ3v) is 7.40. The summed E-state index contributed by atoms with van der Waals surface area (Å²) in [5.74, 6) is 0.144. The molecule has 2 heterocycles. The molecule has 1 spiro atoms. The minimum atomic E-state index is -0.731. The third kappa shape index (κ3) is 3.98. The van der Waals surface area contributed by atoms with Crippen LogP contribution in [0, 0.1) is 18.2 Å². The van der Waals surface area contributed by atoms with Crippen LogP contribution in [0.4, 0.5) is 4.39 Å². The Morgan fingerprint density at radius 2 is 1.81 bits per heavy atom. The lowest BCUT2D eigenvalue weighted by molar-refractivity contribution is -0.140. The van der Waals surface area contributed by atoms with Crippen molar-refractivity contribution < 1.29 is 14.0 Å². The van der Waals surface area contributed by atoms with Crippen LogP contribution in [0.5, 0.6) is 0 Å². The molecule has 2 amide bonds.